The summed E-state index contributed by atoms with van der Waals surface area (Å²) in [5.74, 6) is 0. The minimum Gasteiger partial charge on any atom is -0.366 e. The molecule has 0 saturated heterocycles. The van der Waals surface area contributed by atoms with E-state index in [0.29, 0.717) is 0 Å². The number of aliphatic hydroxyl groups is 2. The van der Waals surface area contributed by atoms with Crippen LogP contribution in [-0.2, 0) is 20.2 Å². The Kier molecular flexibility index (Phi) is 3.17. The van der Waals surface area contributed by atoms with E-state index in [9.17, 15) is 16.8 Å². The molecule has 0 aromatic carbocycles. The van der Waals surface area contributed by atoms with Crippen molar-refractivity contribution < 1.29 is 36.2 Å². The maximum absolute atomic E-state index is 10.1. The third-order valence-corrected chi connectivity index (χ3v) is 3.95. The molecule has 0 rings (SSSR count). The van der Waals surface area contributed by atoms with E-state index in [4.69, 9.17) is 19.3 Å². The van der Waals surface area contributed by atoms with E-state index in [1.54, 1.807) is 0 Å². The van der Waals surface area contributed by atoms with Crippen molar-refractivity contribution in [3.63, 3.8) is 0 Å². The van der Waals surface area contributed by atoms with Crippen LogP contribution in [0.1, 0.15) is 0 Å². The number of rotatable bonds is 3. The Bertz CT molecular complexity index is 301. The average Bonchev–Trinajstić information content (AvgIpc) is 1.49. The fourth-order valence-corrected chi connectivity index (χ4v) is 2.31. The molecule has 0 fully saturated rings. The summed E-state index contributed by atoms with van der Waals surface area (Å²) in [7, 11) is -10.5. The zero-order valence-corrected chi connectivity index (χ0v) is 7.03. The van der Waals surface area contributed by atoms with Crippen LogP contribution in [0, 0.1) is 0 Å². The molecule has 0 aromatic rings. The Balaban J connectivity index is 5.26. The zero-order valence-electron chi connectivity index (χ0n) is 5.39. The minimum absolute atomic E-state index is 2.91. The van der Waals surface area contributed by atoms with Crippen LogP contribution in [-0.4, -0.2) is 47.0 Å². The van der Waals surface area contributed by atoms with Crippen LogP contribution in [0.25, 0.3) is 0 Å². The topological polar surface area (TPSA) is 149 Å². The molecule has 74 valence electrons. The molecule has 0 atom stereocenters. The molecule has 0 aliphatic heterocycles. The quantitative estimate of drug-likeness (QED) is 0.300. The van der Waals surface area contributed by atoms with Gasteiger partial charge in [0.15, 0.2) is 6.29 Å². The molecule has 0 heterocycles. The van der Waals surface area contributed by atoms with Gasteiger partial charge in [-0.25, -0.2) is 0 Å². The van der Waals surface area contributed by atoms with Gasteiger partial charge in [0.25, 0.3) is 24.8 Å². The van der Waals surface area contributed by atoms with Gasteiger partial charge in [-0.15, -0.1) is 0 Å². The Hall–Kier alpha value is -0.260. The van der Waals surface area contributed by atoms with E-state index in [0.717, 1.165) is 0 Å². The fraction of sp³-hybridized carbons (Fsp3) is 1.00. The van der Waals surface area contributed by atoms with Gasteiger partial charge in [-0.1, -0.05) is 0 Å². The molecule has 0 amide bonds. The molecule has 0 bridgehead atoms. The first-order valence-electron chi connectivity index (χ1n) is 2.35. The van der Waals surface area contributed by atoms with E-state index in [2.05, 4.69) is 0 Å². The molecule has 12 heavy (non-hydrogen) atoms. The smallest absolute Gasteiger partial charge is 0.290 e. The van der Waals surface area contributed by atoms with Gasteiger partial charge in [-0.05, 0) is 0 Å². The predicted octanol–water partition coefficient (Wildman–Crippen LogP) is -2.60. The molecule has 0 radical (unpaired) electrons. The second kappa shape index (κ2) is 3.24. The van der Waals surface area contributed by atoms with E-state index in [1.807, 2.05) is 0 Å². The summed E-state index contributed by atoms with van der Waals surface area (Å²) < 4.78 is 53.6. The van der Waals surface area contributed by atoms with Crippen LogP contribution >= 0.6 is 0 Å². The summed E-state index contributed by atoms with van der Waals surface area (Å²) in [6, 6.07) is 0. The summed E-state index contributed by atoms with van der Waals surface area (Å²) in [5.41, 5.74) is 0. The lowest BCUT2D eigenvalue weighted by Crippen LogP contribution is -2.40. The lowest BCUT2D eigenvalue weighted by atomic mass is 10.8. The first kappa shape index (κ1) is 11.7. The first-order valence-corrected chi connectivity index (χ1v) is 5.36. The van der Waals surface area contributed by atoms with Crippen LogP contribution in [0.15, 0.2) is 0 Å². The number of hydrogen-bond acceptors (Lipinski definition) is 6. The van der Waals surface area contributed by atoms with Gasteiger partial charge < -0.3 is 10.2 Å². The second-order valence-corrected chi connectivity index (χ2v) is 5.19. The van der Waals surface area contributed by atoms with Gasteiger partial charge in [0.2, 0.25) is 0 Å². The lowest BCUT2D eigenvalue weighted by molar-refractivity contribution is -0.0298. The molecule has 0 aliphatic rings. The van der Waals surface area contributed by atoms with Crippen molar-refractivity contribution in [3.8, 4) is 0 Å². The van der Waals surface area contributed by atoms with Crippen molar-refractivity contribution in [1.82, 2.24) is 0 Å². The molecule has 4 N–H and O–H groups in total. The second-order valence-electron chi connectivity index (χ2n) is 1.81. The Labute approximate surface area is 67.9 Å². The third kappa shape index (κ3) is 3.00. The van der Waals surface area contributed by atoms with E-state index < -0.39 is 31.1 Å². The minimum atomic E-state index is -5.26. The van der Waals surface area contributed by atoms with Crippen molar-refractivity contribution in [2.45, 2.75) is 10.9 Å². The summed E-state index contributed by atoms with van der Waals surface area (Å²) in [6.45, 7) is 0. The van der Waals surface area contributed by atoms with Crippen molar-refractivity contribution >= 4 is 20.2 Å². The van der Waals surface area contributed by atoms with Crippen molar-refractivity contribution in [3.05, 3.63) is 0 Å². The highest BCUT2D eigenvalue weighted by Crippen LogP contribution is 2.09. The molecule has 0 spiro atoms. The van der Waals surface area contributed by atoms with Gasteiger partial charge in [-0.3, -0.25) is 9.11 Å². The predicted molar refractivity (Wildman–Crippen MR) is 35.1 cm³/mol. The Morgan fingerprint density at radius 3 is 1.08 bits per heavy atom. The van der Waals surface area contributed by atoms with Gasteiger partial charge >= 0.3 is 0 Å². The van der Waals surface area contributed by atoms with Crippen molar-refractivity contribution in [2.75, 3.05) is 0 Å². The molecular weight excluding hydrogens is 216 g/mol. The normalized spacial score (nSPS) is 14.2. The molecule has 0 saturated carbocycles. The van der Waals surface area contributed by atoms with Crippen LogP contribution < -0.4 is 0 Å². The van der Waals surface area contributed by atoms with Crippen LogP contribution in [0.4, 0.5) is 0 Å². The average molecular weight is 222 g/mol. The van der Waals surface area contributed by atoms with Crippen molar-refractivity contribution in [1.29, 1.82) is 0 Å². The largest absolute Gasteiger partial charge is 0.366 e. The molecule has 0 aliphatic carbocycles. The van der Waals surface area contributed by atoms with E-state index in [-0.39, 0.29) is 0 Å². The lowest BCUT2D eigenvalue weighted by Gasteiger charge is -2.11. The summed E-state index contributed by atoms with van der Waals surface area (Å²) in [6.07, 6.45) is -2.91. The summed E-state index contributed by atoms with van der Waals surface area (Å²) >= 11 is 0. The maximum Gasteiger partial charge on any atom is 0.290 e. The highest BCUT2D eigenvalue weighted by molar-refractivity contribution is 8.04. The van der Waals surface area contributed by atoms with Crippen LogP contribution in [0.2, 0.25) is 0 Å². The monoisotopic (exact) mass is 222 g/mol. The highest BCUT2D eigenvalue weighted by Gasteiger charge is 2.41. The Morgan fingerprint density at radius 1 is 0.833 bits per heavy atom. The highest BCUT2D eigenvalue weighted by atomic mass is 32.3. The Morgan fingerprint density at radius 2 is 1.08 bits per heavy atom. The standard InChI is InChI=1S/C2H6O8S2/c3-1(4)2(11(5,6)7)12(8,9)10/h1-4H,(H,5,6,7)(H,8,9,10). The first-order chi connectivity index (χ1) is 5.07. The zero-order chi connectivity index (χ0) is 10.2. The SMILES string of the molecule is O=S(=O)(O)C(C(O)O)S(=O)(=O)O. The molecule has 0 aromatic heterocycles. The van der Waals surface area contributed by atoms with Gasteiger partial charge in [0.05, 0.1) is 0 Å². The molecular formula is C2H6O8S2. The third-order valence-electron chi connectivity index (χ3n) is 0.831. The van der Waals surface area contributed by atoms with Crippen LogP contribution in [0.5, 0.6) is 0 Å². The van der Waals surface area contributed by atoms with E-state index >= 15 is 0 Å². The molecule has 0 unspecified atom stereocenters. The van der Waals surface area contributed by atoms with Gasteiger partial charge in [-0.2, -0.15) is 16.8 Å². The number of aliphatic hydroxyl groups excluding tert-OH is 1. The summed E-state index contributed by atoms with van der Waals surface area (Å²) in [4.78, 5) is 0. The van der Waals surface area contributed by atoms with Crippen molar-refractivity contribution in [2.24, 2.45) is 0 Å². The van der Waals surface area contributed by atoms with E-state index in [1.165, 1.54) is 0 Å². The molecule has 8 nitrogen and oxygen atoms in total. The molecule has 10 heteroatoms. The van der Waals surface area contributed by atoms with Gasteiger partial charge in [0.1, 0.15) is 0 Å². The van der Waals surface area contributed by atoms with Crippen LogP contribution in [0.3, 0.4) is 0 Å². The maximum atomic E-state index is 10.1. The fourth-order valence-electron chi connectivity index (χ4n) is 0.461. The summed E-state index contributed by atoms with van der Waals surface area (Å²) in [5, 5.41) is 16.3. The number of hydrogen-bond donors (Lipinski definition) is 4. The van der Waals surface area contributed by atoms with Gasteiger partial charge in [0, 0.05) is 0 Å².